The Balaban J connectivity index is 2.02. The second-order valence-corrected chi connectivity index (χ2v) is 8.01. The van der Waals surface area contributed by atoms with Crippen LogP contribution in [0.5, 0.6) is 0 Å². The van der Waals surface area contributed by atoms with Crippen LogP contribution in [0.3, 0.4) is 0 Å². The largest absolute Gasteiger partial charge is 0.330 e. The van der Waals surface area contributed by atoms with Crippen LogP contribution in [0.15, 0.2) is 64.4 Å². The summed E-state index contributed by atoms with van der Waals surface area (Å²) in [5.74, 6) is 1.17. The number of hydrogen-bond acceptors (Lipinski definition) is 4. The molecule has 2 N–H and O–H groups in total. The molecular weight excluding hydrogens is 302 g/mol. The van der Waals surface area contributed by atoms with Gasteiger partial charge in [0.2, 0.25) is 0 Å². The maximum Gasteiger partial charge on any atom is 0.175 e. The second kappa shape index (κ2) is 7.11. The van der Waals surface area contributed by atoms with Crippen LogP contribution in [-0.2, 0) is 9.84 Å². The standard InChI is InChI=1S/C16H19NO2S2/c1-21(18,19)16-9-7-15(8-10-16)20-12-14(11-17)13-5-3-2-4-6-13/h2-10,14H,11-12,17H2,1H3. The summed E-state index contributed by atoms with van der Waals surface area (Å²) in [5.41, 5.74) is 7.09. The molecule has 0 aliphatic heterocycles. The van der Waals surface area contributed by atoms with Crippen LogP contribution >= 0.6 is 11.8 Å². The Labute approximate surface area is 130 Å². The van der Waals surface area contributed by atoms with E-state index in [9.17, 15) is 8.42 Å². The Kier molecular flexibility index (Phi) is 5.45. The first kappa shape index (κ1) is 16.1. The first-order chi connectivity index (χ1) is 10.0. The first-order valence-corrected chi connectivity index (χ1v) is 9.56. The van der Waals surface area contributed by atoms with Crippen molar-refractivity contribution in [3.63, 3.8) is 0 Å². The molecule has 2 aromatic carbocycles. The number of rotatable bonds is 6. The van der Waals surface area contributed by atoms with Gasteiger partial charge in [-0.2, -0.15) is 0 Å². The molecule has 0 saturated heterocycles. The molecule has 0 aliphatic carbocycles. The fourth-order valence-electron chi connectivity index (χ4n) is 2.01. The monoisotopic (exact) mass is 321 g/mol. The van der Waals surface area contributed by atoms with E-state index < -0.39 is 9.84 Å². The van der Waals surface area contributed by atoms with E-state index in [1.807, 2.05) is 30.3 Å². The van der Waals surface area contributed by atoms with Crippen molar-refractivity contribution in [2.75, 3.05) is 18.6 Å². The van der Waals surface area contributed by atoms with Gasteiger partial charge in [-0.05, 0) is 36.4 Å². The summed E-state index contributed by atoms with van der Waals surface area (Å²) in [6.45, 7) is 0.596. The summed E-state index contributed by atoms with van der Waals surface area (Å²) >= 11 is 1.69. The third-order valence-electron chi connectivity index (χ3n) is 3.26. The van der Waals surface area contributed by atoms with Gasteiger partial charge in [0.25, 0.3) is 0 Å². The van der Waals surface area contributed by atoms with Gasteiger partial charge in [0.05, 0.1) is 4.90 Å². The molecule has 112 valence electrons. The molecule has 3 nitrogen and oxygen atoms in total. The Morgan fingerprint density at radius 1 is 1.05 bits per heavy atom. The average molecular weight is 321 g/mol. The van der Waals surface area contributed by atoms with Crippen molar-refractivity contribution in [1.29, 1.82) is 0 Å². The van der Waals surface area contributed by atoms with Crippen molar-refractivity contribution in [3.05, 3.63) is 60.2 Å². The Morgan fingerprint density at radius 3 is 2.19 bits per heavy atom. The van der Waals surface area contributed by atoms with Gasteiger partial charge in [-0.15, -0.1) is 11.8 Å². The van der Waals surface area contributed by atoms with Gasteiger partial charge in [0.1, 0.15) is 0 Å². The molecule has 0 heterocycles. The smallest absolute Gasteiger partial charge is 0.175 e. The third kappa shape index (κ3) is 4.59. The highest BCUT2D eigenvalue weighted by atomic mass is 32.2. The summed E-state index contributed by atoms with van der Waals surface area (Å²) in [4.78, 5) is 1.40. The lowest BCUT2D eigenvalue weighted by Gasteiger charge is -2.14. The lowest BCUT2D eigenvalue weighted by Crippen LogP contribution is -2.14. The van der Waals surface area contributed by atoms with Crippen molar-refractivity contribution >= 4 is 21.6 Å². The molecule has 0 aromatic heterocycles. The zero-order valence-electron chi connectivity index (χ0n) is 11.9. The molecular formula is C16H19NO2S2. The van der Waals surface area contributed by atoms with E-state index in [1.54, 1.807) is 23.9 Å². The summed E-state index contributed by atoms with van der Waals surface area (Å²) in [5, 5.41) is 0. The topological polar surface area (TPSA) is 60.2 Å². The second-order valence-electron chi connectivity index (χ2n) is 4.90. The molecule has 0 bridgehead atoms. The van der Waals surface area contributed by atoms with Gasteiger partial charge in [-0.3, -0.25) is 0 Å². The molecule has 0 amide bonds. The number of hydrogen-bond donors (Lipinski definition) is 1. The molecule has 21 heavy (non-hydrogen) atoms. The summed E-state index contributed by atoms with van der Waals surface area (Å²) in [6, 6.07) is 17.2. The number of thioether (sulfide) groups is 1. The van der Waals surface area contributed by atoms with Gasteiger partial charge >= 0.3 is 0 Å². The highest BCUT2D eigenvalue weighted by Gasteiger charge is 2.11. The number of nitrogens with two attached hydrogens (primary N) is 1. The lowest BCUT2D eigenvalue weighted by molar-refractivity contribution is 0.602. The molecule has 0 fully saturated rings. The van der Waals surface area contributed by atoms with Crippen LogP contribution in [0.25, 0.3) is 0 Å². The Morgan fingerprint density at radius 2 is 1.67 bits per heavy atom. The first-order valence-electron chi connectivity index (χ1n) is 6.68. The zero-order chi connectivity index (χ0) is 15.3. The number of benzene rings is 2. The molecule has 2 aromatic rings. The average Bonchev–Trinajstić information content (AvgIpc) is 2.48. The van der Waals surface area contributed by atoms with Crippen LogP contribution in [-0.4, -0.2) is 27.0 Å². The van der Waals surface area contributed by atoms with Crippen LogP contribution in [0.1, 0.15) is 11.5 Å². The predicted molar refractivity (Wildman–Crippen MR) is 88.5 cm³/mol. The molecule has 1 unspecified atom stereocenters. The summed E-state index contributed by atoms with van der Waals surface area (Å²) in [7, 11) is -3.13. The van der Waals surface area contributed by atoms with Gasteiger partial charge in [0.15, 0.2) is 9.84 Å². The fourth-order valence-corrected chi connectivity index (χ4v) is 3.69. The minimum atomic E-state index is -3.13. The molecule has 0 aliphatic rings. The highest BCUT2D eigenvalue weighted by Crippen LogP contribution is 2.26. The molecule has 0 saturated carbocycles. The van der Waals surface area contributed by atoms with E-state index in [0.29, 0.717) is 17.4 Å². The van der Waals surface area contributed by atoms with E-state index in [2.05, 4.69) is 12.1 Å². The van der Waals surface area contributed by atoms with Gasteiger partial charge in [0, 0.05) is 22.8 Å². The van der Waals surface area contributed by atoms with E-state index in [-0.39, 0.29) is 0 Å². The quantitative estimate of drug-likeness (QED) is 0.831. The molecule has 2 rings (SSSR count). The Bertz CT molecular complexity index is 667. The summed E-state index contributed by atoms with van der Waals surface area (Å²) in [6.07, 6.45) is 1.22. The van der Waals surface area contributed by atoms with Gasteiger partial charge in [-0.1, -0.05) is 30.3 Å². The predicted octanol–water partition coefficient (Wildman–Crippen LogP) is 2.92. The van der Waals surface area contributed by atoms with Gasteiger partial charge < -0.3 is 5.73 Å². The van der Waals surface area contributed by atoms with E-state index >= 15 is 0 Å². The molecule has 0 spiro atoms. The zero-order valence-corrected chi connectivity index (χ0v) is 13.5. The van der Waals surface area contributed by atoms with Crippen molar-refractivity contribution < 1.29 is 8.42 Å². The van der Waals surface area contributed by atoms with Crippen molar-refractivity contribution in [3.8, 4) is 0 Å². The molecule has 1 atom stereocenters. The van der Waals surface area contributed by atoms with Crippen molar-refractivity contribution in [2.24, 2.45) is 5.73 Å². The third-order valence-corrected chi connectivity index (χ3v) is 5.56. The van der Waals surface area contributed by atoms with Crippen LogP contribution in [0, 0.1) is 0 Å². The SMILES string of the molecule is CS(=O)(=O)c1ccc(SCC(CN)c2ccccc2)cc1. The van der Waals surface area contributed by atoms with Crippen LogP contribution in [0.4, 0.5) is 0 Å². The normalized spacial score (nSPS) is 13.0. The maximum atomic E-state index is 11.4. The molecule has 0 radical (unpaired) electrons. The van der Waals surface area contributed by atoms with E-state index in [1.165, 1.54) is 11.8 Å². The fraction of sp³-hybridized carbons (Fsp3) is 0.250. The highest BCUT2D eigenvalue weighted by molar-refractivity contribution is 7.99. The maximum absolute atomic E-state index is 11.4. The van der Waals surface area contributed by atoms with Gasteiger partial charge in [-0.25, -0.2) is 8.42 Å². The lowest BCUT2D eigenvalue weighted by atomic mass is 10.0. The summed E-state index contributed by atoms with van der Waals surface area (Å²) < 4.78 is 22.8. The van der Waals surface area contributed by atoms with E-state index in [4.69, 9.17) is 5.73 Å². The minimum Gasteiger partial charge on any atom is -0.330 e. The minimum absolute atomic E-state index is 0.297. The number of sulfone groups is 1. The van der Waals surface area contributed by atoms with Crippen LogP contribution in [0.2, 0.25) is 0 Å². The van der Waals surface area contributed by atoms with Crippen LogP contribution < -0.4 is 5.73 Å². The van der Waals surface area contributed by atoms with Crippen molar-refractivity contribution in [1.82, 2.24) is 0 Å². The Hall–Kier alpha value is -1.30. The van der Waals surface area contributed by atoms with Crippen molar-refractivity contribution in [2.45, 2.75) is 15.7 Å². The molecule has 5 heteroatoms. The van der Waals surface area contributed by atoms with E-state index in [0.717, 1.165) is 10.6 Å².